The minimum Gasteiger partial charge on any atom is -0.375 e. The predicted molar refractivity (Wildman–Crippen MR) is 81.4 cm³/mol. The van der Waals surface area contributed by atoms with Crippen molar-refractivity contribution >= 4 is 22.4 Å². The van der Waals surface area contributed by atoms with Crippen LogP contribution in [0.1, 0.15) is 36.3 Å². The summed E-state index contributed by atoms with van der Waals surface area (Å²) in [6.45, 7) is 3.17. The van der Waals surface area contributed by atoms with Crippen LogP contribution in [0.25, 0.3) is 0 Å². The summed E-state index contributed by atoms with van der Waals surface area (Å²) in [5, 5.41) is 7.28. The zero-order chi connectivity index (χ0) is 14.3. The van der Waals surface area contributed by atoms with Gasteiger partial charge in [0, 0.05) is 13.0 Å². The fraction of sp³-hybridized carbons (Fsp3) is 0.733. The van der Waals surface area contributed by atoms with Gasteiger partial charge in [0.15, 0.2) is 5.13 Å². The average Bonchev–Trinajstić information content (AvgIpc) is 3.10. The number of anilines is 1. The van der Waals surface area contributed by atoms with Crippen molar-refractivity contribution in [2.75, 3.05) is 25.0 Å². The molecular weight excluding hydrogens is 286 g/mol. The standard InChI is InChI=1S/C15H21N3O2S/c19-13(15-5-2-1-3-10(15)7-16-9-15)18-14-17-11-4-6-20-8-12(11)21-14/h10,16H,1-9H2,(H,17,18,19)/t10-,15+/m0/s1. The van der Waals surface area contributed by atoms with Crippen LogP contribution in [-0.4, -0.2) is 30.6 Å². The van der Waals surface area contributed by atoms with Crippen LogP contribution in [0.15, 0.2) is 0 Å². The van der Waals surface area contributed by atoms with Crippen LogP contribution < -0.4 is 10.6 Å². The number of amides is 1. The van der Waals surface area contributed by atoms with Gasteiger partial charge in [-0.3, -0.25) is 4.79 Å². The highest BCUT2D eigenvalue weighted by Gasteiger charge is 2.50. The van der Waals surface area contributed by atoms with Crippen LogP contribution >= 0.6 is 11.3 Å². The lowest BCUT2D eigenvalue weighted by molar-refractivity contribution is -0.128. The Morgan fingerprint density at radius 1 is 1.48 bits per heavy atom. The molecule has 0 unspecified atom stereocenters. The molecule has 0 radical (unpaired) electrons. The fourth-order valence-electron chi connectivity index (χ4n) is 3.99. The monoisotopic (exact) mass is 307 g/mol. The Hall–Kier alpha value is -0.980. The third-order valence-corrected chi connectivity index (χ3v) is 6.19. The molecule has 2 atom stereocenters. The van der Waals surface area contributed by atoms with Gasteiger partial charge in [-0.05, 0) is 25.3 Å². The van der Waals surface area contributed by atoms with Crippen molar-refractivity contribution in [1.82, 2.24) is 10.3 Å². The molecule has 0 spiro atoms. The predicted octanol–water partition coefficient (Wildman–Crippen LogP) is 1.93. The van der Waals surface area contributed by atoms with E-state index in [4.69, 9.17) is 4.74 Å². The number of fused-ring (bicyclic) bond motifs is 2. The summed E-state index contributed by atoms with van der Waals surface area (Å²) in [6, 6.07) is 0. The van der Waals surface area contributed by atoms with Gasteiger partial charge in [-0.25, -0.2) is 4.98 Å². The first-order chi connectivity index (χ1) is 10.3. The van der Waals surface area contributed by atoms with E-state index in [1.54, 1.807) is 11.3 Å². The topological polar surface area (TPSA) is 63.2 Å². The maximum absolute atomic E-state index is 12.9. The molecule has 21 heavy (non-hydrogen) atoms. The highest BCUT2D eigenvalue weighted by molar-refractivity contribution is 7.15. The second-order valence-corrected chi connectivity index (χ2v) is 7.46. The van der Waals surface area contributed by atoms with E-state index < -0.39 is 0 Å². The van der Waals surface area contributed by atoms with Gasteiger partial charge in [0.05, 0.1) is 29.2 Å². The molecular formula is C15H21N3O2S. The van der Waals surface area contributed by atoms with Gasteiger partial charge in [-0.1, -0.05) is 24.2 Å². The Labute approximate surface area is 128 Å². The molecule has 1 saturated carbocycles. The summed E-state index contributed by atoms with van der Waals surface area (Å²) in [6.07, 6.45) is 5.45. The molecule has 3 heterocycles. The lowest BCUT2D eigenvalue weighted by Gasteiger charge is -2.36. The van der Waals surface area contributed by atoms with Gasteiger partial charge in [0.2, 0.25) is 5.91 Å². The number of thiazole rings is 1. The second-order valence-electron chi connectivity index (χ2n) is 6.38. The number of hydrogen-bond acceptors (Lipinski definition) is 5. The molecule has 2 aliphatic heterocycles. The molecule has 114 valence electrons. The summed E-state index contributed by atoms with van der Waals surface area (Å²) in [4.78, 5) is 18.6. The highest BCUT2D eigenvalue weighted by Crippen LogP contribution is 2.44. The molecule has 1 amide bonds. The van der Waals surface area contributed by atoms with Crippen molar-refractivity contribution < 1.29 is 9.53 Å². The molecule has 0 bridgehead atoms. The first-order valence-corrected chi connectivity index (χ1v) is 8.68. The number of carbonyl (C=O) groups excluding carboxylic acids is 1. The number of hydrogen-bond donors (Lipinski definition) is 2. The number of aromatic nitrogens is 1. The van der Waals surface area contributed by atoms with E-state index in [0.29, 0.717) is 12.5 Å². The fourth-order valence-corrected chi connectivity index (χ4v) is 4.93. The molecule has 5 nitrogen and oxygen atoms in total. The van der Waals surface area contributed by atoms with Crippen molar-refractivity contribution in [2.45, 2.75) is 38.7 Å². The summed E-state index contributed by atoms with van der Waals surface area (Å²) in [5.41, 5.74) is 0.893. The first kappa shape index (κ1) is 13.7. The molecule has 1 aliphatic carbocycles. The van der Waals surface area contributed by atoms with Crippen molar-refractivity contribution in [2.24, 2.45) is 11.3 Å². The summed E-state index contributed by atoms with van der Waals surface area (Å²) >= 11 is 1.57. The molecule has 4 rings (SSSR count). The minimum atomic E-state index is -0.207. The summed E-state index contributed by atoms with van der Waals surface area (Å²) in [7, 11) is 0. The summed E-state index contributed by atoms with van der Waals surface area (Å²) in [5.74, 6) is 0.661. The second kappa shape index (κ2) is 5.34. The van der Waals surface area contributed by atoms with Crippen molar-refractivity contribution in [3.63, 3.8) is 0 Å². The Bertz CT molecular complexity index is 536. The zero-order valence-corrected chi connectivity index (χ0v) is 12.9. The molecule has 3 aliphatic rings. The maximum atomic E-state index is 12.9. The van der Waals surface area contributed by atoms with Gasteiger partial charge < -0.3 is 15.4 Å². The van der Waals surface area contributed by atoms with Crippen LogP contribution in [-0.2, 0) is 22.6 Å². The molecule has 2 fully saturated rings. The van der Waals surface area contributed by atoms with E-state index >= 15 is 0 Å². The van der Waals surface area contributed by atoms with Crippen LogP contribution in [0.2, 0.25) is 0 Å². The molecule has 1 saturated heterocycles. The summed E-state index contributed by atoms with van der Waals surface area (Å²) < 4.78 is 5.45. The normalized spacial score (nSPS) is 31.5. The van der Waals surface area contributed by atoms with Gasteiger partial charge >= 0.3 is 0 Å². The number of carbonyl (C=O) groups is 1. The largest absolute Gasteiger partial charge is 0.375 e. The Kier molecular flexibility index (Phi) is 3.47. The third-order valence-electron chi connectivity index (χ3n) is 5.21. The smallest absolute Gasteiger partial charge is 0.233 e. The van der Waals surface area contributed by atoms with E-state index in [9.17, 15) is 4.79 Å². The number of nitrogens with zero attached hydrogens (tertiary/aromatic N) is 1. The quantitative estimate of drug-likeness (QED) is 0.876. The third kappa shape index (κ3) is 2.29. The van der Waals surface area contributed by atoms with Crippen molar-refractivity contribution in [3.8, 4) is 0 Å². The molecule has 2 N–H and O–H groups in total. The van der Waals surface area contributed by atoms with Gasteiger partial charge in [-0.15, -0.1) is 0 Å². The number of ether oxygens (including phenoxy) is 1. The van der Waals surface area contributed by atoms with E-state index in [2.05, 4.69) is 15.6 Å². The van der Waals surface area contributed by atoms with Crippen LogP contribution in [0.5, 0.6) is 0 Å². The molecule has 1 aromatic heterocycles. The zero-order valence-electron chi connectivity index (χ0n) is 12.1. The minimum absolute atomic E-state index is 0.171. The maximum Gasteiger partial charge on any atom is 0.233 e. The SMILES string of the molecule is O=C(Nc1nc2c(s1)COCC2)[C@@]12CCCC[C@H]1CNC2. The van der Waals surface area contributed by atoms with E-state index in [1.807, 2.05) is 0 Å². The Morgan fingerprint density at radius 2 is 2.43 bits per heavy atom. The average molecular weight is 307 g/mol. The van der Waals surface area contributed by atoms with Crippen molar-refractivity contribution in [3.05, 3.63) is 10.6 Å². The molecule has 6 heteroatoms. The number of rotatable bonds is 2. The van der Waals surface area contributed by atoms with Gasteiger partial charge in [0.1, 0.15) is 0 Å². The van der Waals surface area contributed by atoms with Crippen LogP contribution in [0.3, 0.4) is 0 Å². The van der Waals surface area contributed by atoms with E-state index in [-0.39, 0.29) is 11.3 Å². The van der Waals surface area contributed by atoms with Crippen LogP contribution in [0.4, 0.5) is 5.13 Å². The molecule has 1 aromatic rings. The van der Waals surface area contributed by atoms with Gasteiger partial charge in [0.25, 0.3) is 0 Å². The van der Waals surface area contributed by atoms with E-state index in [1.165, 1.54) is 17.7 Å². The Morgan fingerprint density at radius 3 is 3.33 bits per heavy atom. The first-order valence-electron chi connectivity index (χ1n) is 7.86. The number of nitrogens with one attached hydrogen (secondary N) is 2. The molecule has 0 aromatic carbocycles. The Balaban J connectivity index is 1.53. The lowest BCUT2D eigenvalue weighted by atomic mass is 9.68. The van der Waals surface area contributed by atoms with Crippen LogP contribution in [0, 0.1) is 11.3 Å². The van der Waals surface area contributed by atoms with E-state index in [0.717, 1.165) is 49.8 Å². The lowest BCUT2D eigenvalue weighted by Crippen LogP contribution is -2.44. The van der Waals surface area contributed by atoms with Gasteiger partial charge in [-0.2, -0.15) is 0 Å². The van der Waals surface area contributed by atoms with Crippen molar-refractivity contribution in [1.29, 1.82) is 0 Å². The highest BCUT2D eigenvalue weighted by atomic mass is 32.1.